The molecule has 1 saturated carbocycles. The summed E-state index contributed by atoms with van der Waals surface area (Å²) in [5.74, 6) is 1.49. The van der Waals surface area contributed by atoms with Crippen LogP contribution in [0.3, 0.4) is 0 Å². The molecule has 3 aromatic rings. The van der Waals surface area contributed by atoms with Gasteiger partial charge in [-0.05, 0) is 49.2 Å². The van der Waals surface area contributed by atoms with Crippen molar-refractivity contribution in [3.05, 3.63) is 59.1 Å². The molecule has 0 saturated heterocycles. The van der Waals surface area contributed by atoms with E-state index in [1.165, 1.54) is 31.0 Å². The van der Waals surface area contributed by atoms with E-state index in [9.17, 15) is 4.79 Å². The number of halogens is 1. The van der Waals surface area contributed by atoms with Gasteiger partial charge in [0.1, 0.15) is 5.75 Å². The Morgan fingerprint density at radius 3 is 2.70 bits per heavy atom. The number of hydrazone groups is 1. The SMILES string of the molecule is COc1ccccc1C=NNC(=O)CSc1nnc(-c2ccc(Cl)cc2)n1C1CCCCC1. The van der Waals surface area contributed by atoms with Gasteiger partial charge < -0.3 is 4.74 Å². The average Bonchev–Trinajstić information content (AvgIpc) is 3.28. The Bertz CT molecular complexity index is 1110. The van der Waals surface area contributed by atoms with Crippen molar-refractivity contribution in [2.24, 2.45) is 5.10 Å². The molecule has 0 atom stereocenters. The van der Waals surface area contributed by atoms with Gasteiger partial charge in [-0.1, -0.05) is 54.8 Å². The van der Waals surface area contributed by atoms with Crippen molar-refractivity contribution in [2.75, 3.05) is 12.9 Å². The number of para-hydroxylation sites is 1. The maximum Gasteiger partial charge on any atom is 0.250 e. The molecule has 0 unspecified atom stereocenters. The number of benzene rings is 2. The molecule has 1 N–H and O–H groups in total. The summed E-state index contributed by atoms with van der Waals surface area (Å²) in [7, 11) is 1.60. The quantitative estimate of drug-likeness (QED) is 0.265. The van der Waals surface area contributed by atoms with Crippen LogP contribution >= 0.6 is 23.4 Å². The molecule has 4 rings (SSSR count). The lowest BCUT2D eigenvalue weighted by molar-refractivity contribution is -0.118. The van der Waals surface area contributed by atoms with Crippen LogP contribution in [0, 0.1) is 0 Å². The Hall–Kier alpha value is -2.84. The van der Waals surface area contributed by atoms with E-state index in [0.717, 1.165) is 34.9 Å². The van der Waals surface area contributed by atoms with Crippen molar-refractivity contribution in [3.63, 3.8) is 0 Å². The highest BCUT2D eigenvalue weighted by atomic mass is 35.5. The summed E-state index contributed by atoms with van der Waals surface area (Å²) in [4.78, 5) is 12.4. The van der Waals surface area contributed by atoms with Gasteiger partial charge in [-0.3, -0.25) is 9.36 Å². The van der Waals surface area contributed by atoms with Crippen LogP contribution in [0.15, 0.2) is 58.8 Å². The minimum absolute atomic E-state index is 0.189. The maximum atomic E-state index is 12.4. The summed E-state index contributed by atoms with van der Waals surface area (Å²) >= 11 is 7.44. The summed E-state index contributed by atoms with van der Waals surface area (Å²) < 4.78 is 7.48. The first-order valence-electron chi connectivity index (χ1n) is 10.9. The summed E-state index contributed by atoms with van der Waals surface area (Å²) in [6.45, 7) is 0. The number of hydrogen-bond donors (Lipinski definition) is 1. The molecule has 33 heavy (non-hydrogen) atoms. The average molecular weight is 484 g/mol. The highest BCUT2D eigenvalue weighted by Crippen LogP contribution is 2.35. The van der Waals surface area contributed by atoms with Gasteiger partial charge in [-0.25, -0.2) is 5.43 Å². The standard InChI is InChI=1S/C24H26ClN5O2S/c1-32-21-10-6-5-7-18(21)15-26-27-22(31)16-33-24-29-28-23(17-11-13-19(25)14-12-17)30(24)20-8-3-2-4-9-20/h5-7,10-15,20H,2-4,8-9,16H2,1H3,(H,27,31). The van der Waals surface area contributed by atoms with E-state index < -0.39 is 0 Å². The molecule has 172 valence electrons. The summed E-state index contributed by atoms with van der Waals surface area (Å²) in [6, 6.07) is 15.4. The molecule has 7 nitrogen and oxygen atoms in total. The topological polar surface area (TPSA) is 81.4 Å². The van der Waals surface area contributed by atoms with Crippen molar-refractivity contribution in [1.82, 2.24) is 20.2 Å². The predicted octanol–water partition coefficient (Wildman–Crippen LogP) is 5.35. The molecule has 1 aliphatic carbocycles. The third kappa shape index (κ3) is 5.94. The number of nitrogens with one attached hydrogen (secondary N) is 1. The molecule has 1 aliphatic rings. The number of thioether (sulfide) groups is 1. The van der Waals surface area contributed by atoms with Crippen LogP contribution in [-0.4, -0.2) is 39.7 Å². The molecule has 2 aromatic carbocycles. The van der Waals surface area contributed by atoms with Crippen LogP contribution in [0.1, 0.15) is 43.7 Å². The third-order valence-corrected chi connectivity index (χ3v) is 6.77. The molecule has 1 fully saturated rings. The van der Waals surface area contributed by atoms with Crippen LogP contribution in [0.5, 0.6) is 5.75 Å². The van der Waals surface area contributed by atoms with Crippen molar-refractivity contribution in [2.45, 2.75) is 43.3 Å². The highest BCUT2D eigenvalue weighted by Gasteiger charge is 2.24. The summed E-state index contributed by atoms with van der Waals surface area (Å²) in [5, 5.41) is 14.4. The number of carbonyl (C=O) groups is 1. The Balaban J connectivity index is 1.45. The van der Waals surface area contributed by atoms with E-state index in [-0.39, 0.29) is 11.7 Å². The Morgan fingerprint density at radius 1 is 1.18 bits per heavy atom. The molecule has 9 heteroatoms. The lowest BCUT2D eigenvalue weighted by atomic mass is 9.95. The largest absolute Gasteiger partial charge is 0.496 e. The van der Waals surface area contributed by atoms with Crippen LogP contribution < -0.4 is 10.2 Å². The Morgan fingerprint density at radius 2 is 1.94 bits per heavy atom. The smallest absolute Gasteiger partial charge is 0.250 e. The number of ether oxygens (including phenoxy) is 1. The number of nitrogens with zero attached hydrogens (tertiary/aromatic N) is 4. The van der Waals surface area contributed by atoms with Crippen LogP contribution in [0.2, 0.25) is 5.02 Å². The van der Waals surface area contributed by atoms with Crippen molar-refractivity contribution < 1.29 is 9.53 Å². The fourth-order valence-electron chi connectivity index (χ4n) is 3.95. The molecule has 0 spiro atoms. The number of carbonyl (C=O) groups excluding carboxylic acids is 1. The van der Waals surface area contributed by atoms with E-state index >= 15 is 0 Å². The van der Waals surface area contributed by atoms with Gasteiger partial charge in [0.15, 0.2) is 11.0 Å². The van der Waals surface area contributed by atoms with Gasteiger partial charge >= 0.3 is 0 Å². The van der Waals surface area contributed by atoms with E-state index in [1.807, 2.05) is 48.5 Å². The fraction of sp³-hybridized carbons (Fsp3) is 0.333. The molecule has 0 radical (unpaired) electrons. The normalized spacial score (nSPS) is 14.5. The first-order valence-corrected chi connectivity index (χ1v) is 12.3. The number of aromatic nitrogens is 3. The number of rotatable bonds is 8. The zero-order valence-corrected chi connectivity index (χ0v) is 20.0. The van der Waals surface area contributed by atoms with Gasteiger partial charge in [0.2, 0.25) is 0 Å². The molecular formula is C24H26ClN5O2S. The van der Waals surface area contributed by atoms with Crippen LogP contribution in [0.4, 0.5) is 0 Å². The first-order chi connectivity index (χ1) is 16.2. The molecule has 1 heterocycles. The minimum Gasteiger partial charge on any atom is -0.496 e. The lowest BCUT2D eigenvalue weighted by Gasteiger charge is -2.25. The zero-order chi connectivity index (χ0) is 23.0. The van der Waals surface area contributed by atoms with E-state index in [1.54, 1.807) is 13.3 Å². The van der Waals surface area contributed by atoms with Gasteiger partial charge in [-0.15, -0.1) is 10.2 Å². The third-order valence-electron chi connectivity index (χ3n) is 5.57. The molecule has 0 bridgehead atoms. The predicted molar refractivity (Wildman–Crippen MR) is 132 cm³/mol. The molecule has 0 aliphatic heterocycles. The number of amides is 1. The van der Waals surface area contributed by atoms with Crippen LogP contribution in [-0.2, 0) is 4.79 Å². The Labute approximate surface area is 202 Å². The number of methoxy groups -OCH3 is 1. The lowest BCUT2D eigenvalue weighted by Crippen LogP contribution is -2.20. The molecular weight excluding hydrogens is 458 g/mol. The van der Waals surface area contributed by atoms with E-state index in [4.69, 9.17) is 16.3 Å². The maximum absolute atomic E-state index is 12.4. The fourth-order valence-corrected chi connectivity index (χ4v) is 4.87. The van der Waals surface area contributed by atoms with Crippen molar-refractivity contribution >= 4 is 35.5 Å². The second kappa shape index (κ2) is 11.3. The van der Waals surface area contributed by atoms with Gasteiger partial charge in [0, 0.05) is 22.2 Å². The minimum atomic E-state index is -0.211. The van der Waals surface area contributed by atoms with Crippen LogP contribution in [0.25, 0.3) is 11.4 Å². The molecule has 1 aromatic heterocycles. The van der Waals surface area contributed by atoms with Crippen molar-refractivity contribution in [1.29, 1.82) is 0 Å². The summed E-state index contributed by atoms with van der Waals surface area (Å²) in [6.07, 6.45) is 7.37. The Kier molecular flexibility index (Phi) is 8.01. The highest BCUT2D eigenvalue weighted by molar-refractivity contribution is 7.99. The van der Waals surface area contributed by atoms with E-state index in [0.29, 0.717) is 16.8 Å². The van der Waals surface area contributed by atoms with E-state index in [2.05, 4.69) is 25.3 Å². The number of hydrogen-bond acceptors (Lipinski definition) is 6. The second-order valence-electron chi connectivity index (χ2n) is 7.80. The van der Waals surface area contributed by atoms with Gasteiger partial charge in [-0.2, -0.15) is 5.10 Å². The van der Waals surface area contributed by atoms with Gasteiger partial charge in [0.05, 0.1) is 19.1 Å². The van der Waals surface area contributed by atoms with Crippen molar-refractivity contribution in [3.8, 4) is 17.1 Å². The summed E-state index contributed by atoms with van der Waals surface area (Å²) in [5.41, 5.74) is 4.34. The van der Waals surface area contributed by atoms with Gasteiger partial charge in [0.25, 0.3) is 5.91 Å². The zero-order valence-electron chi connectivity index (χ0n) is 18.4. The molecule has 1 amide bonds. The first kappa shape index (κ1) is 23.3. The second-order valence-corrected chi connectivity index (χ2v) is 9.18. The monoisotopic (exact) mass is 483 g/mol.